The molecular formula is C15H9ClN2. The molecule has 86 valence electrons. The number of benzene rings is 2. The highest BCUT2D eigenvalue weighted by Gasteiger charge is 2.07. The van der Waals surface area contributed by atoms with E-state index in [4.69, 9.17) is 16.9 Å². The fourth-order valence-corrected chi connectivity index (χ4v) is 2.34. The summed E-state index contributed by atoms with van der Waals surface area (Å²) in [5, 5.41) is 10.6. The predicted molar refractivity (Wildman–Crippen MR) is 73.0 cm³/mol. The summed E-state index contributed by atoms with van der Waals surface area (Å²) in [6, 6.07) is 17.6. The molecule has 0 saturated carbocycles. The number of nitrogens with zero attached hydrogens (tertiary/aromatic N) is 2. The molecule has 0 aliphatic heterocycles. The third-order valence-corrected chi connectivity index (χ3v) is 3.24. The van der Waals surface area contributed by atoms with Crippen LogP contribution in [0.25, 0.3) is 16.6 Å². The van der Waals surface area contributed by atoms with Gasteiger partial charge in [-0.2, -0.15) is 5.26 Å². The molecule has 0 amide bonds. The van der Waals surface area contributed by atoms with Crippen LogP contribution in [-0.2, 0) is 0 Å². The fourth-order valence-electron chi connectivity index (χ4n) is 2.06. The lowest BCUT2D eigenvalue weighted by Crippen LogP contribution is -1.93. The summed E-state index contributed by atoms with van der Waals surface area (Å²) >= 11 is 6.23. The summed E-state index contributed by atoms with van der Waals surface area (Å²) in [4.78, 5) is 0. The molecule has 0 spiro atoms. The van der Waals surface area contributed by atoms with Crippen molar-refractivity contribution in [2.75, 3.05) is 0 Å². The van der Waals surface area contributed by atoms with E-state index in [0.29, 0.717) is 10.6 Å². The van der Waals surface area contributed by atoms with Gasteiger partial charge in [-0.15, -0.1) is 0 Å². The van der Waals surface area contributed by atoms with Crippen molar-refractivity contribution in [2.45, 2.75) is 0 Å². The van der Waals surface area contributed by atoms with Gasteiger partial charge in [0.15, 0.2) is 0 Å². The third kappa shape index (κ3) is 1.66. The summed E-state index contributed by atoms with van der Waals surface area (Å²) in [7, 11) is 0. The molecule has 0 radical (unpaired) electrons. The van der Waals surface area contributed by atoms with Gasteiger partial charge in [0.1, 0.15) is 0 Å². The van der Waals surface area contributed by atoms with Crippen LogP contribution in [0.5, 0.6) is 0 Å². The van der Waals surface area contributed by atoms with Crippen LogP contribution in [0, 0.1) is 11.3 Å². The number of aromatic nitrogens is 1. The van der Waals surface area contributed by atoms with Gasteiger partial charge in [0.05, 0.1) is 27.9 Å². The first-order valence-corrected chi connectivity index (χ1v) is 5.93. The highest BCUT2D eigenvalue weighted by atomic mass is 35.5. The smallest absolute Gasteiger partial charge is 0.0992 e. The normalized spacial score (nSPS) is 10.4. The van der Waals surface area contributed by atoms with E-state index >= 15 is 0 Å². The van der Waals surface area contributed by atoms with Crippen molar-refractivity contribution in [1.82, 2.24) is 4.57 Å². The Kier molecular flexibility index (Phi) is 2.55. The van der Waals surface area contributed by atoms with Gasteiger partial charge < -0.3 is 4.57 Å². The number of rotatable bonds is 1. The molecule has 0 atom stereocenters. The molecule has 2 nitrogen and oxygen atoms in total. The molecule has 2 aromatic carbocycles. The van der Waals surface area contributed by atoms with Gasteiger partial charge in [-0.05, 0) is 35.7 Å². The summed E-state index contributed by atoms with van der Waals surface area (Å²) in [5.41, 5.74) is 2.56. The van der Waals surface area contributed by atoms with Crippen molar-refractivity contribution in [3.8, 4) is 11.8 Å². The monoisotopic (exact) mass is 252 g/mol. The zero-order chi connectivity index (χ0) is 12.5. The Balaban J connectivity index is 2.24. The molecule has 3 aromatic rings. The van der Waals surface area contributed by atoms with E-state index in [1.165, 1.54) is 0 Å². The highest BCUT2D eigenvalue weighted by Crippen LogP contribution is 2.26. The minimum Gasteiger partial charge on any atom is -0.315 e. The van der Waals surface area contributed by atoms with Crippen molar-refractivity contribution >= 4 is 22.5 Å². The van der Waals surface area contributed by atoms with Gasteiger partial charge in [0, 0.05) is 6.20 Å². The summed E-state index contributed by atoms with van der Waals surface area (Å²) in [5.74, 6) is 0. The standard InChI is InChI=1S/C15H9ClN2/c16-13-9-11(10-17)5-6-15(13)18-8-7-12-3-1-2-4-14(12)18/h1-9H. The molecule has 0 saturated heterocycles. The van der Waals surface area contributed by atoms with Crippen LogP contribution in [0.2, 0.25) is 5.02 Å². The second-order valence-electron chi connectivity index (χ2n) is 4.02. The average Bonchev–Trinajstić information content (AvgIpc) is 2.82. The molecule has 0 aliphatic carbocycles. The SMILES string of the molecule is N#Cc1ccc(-n2ccc3ccccc32)c(Cl)c1. The highest BCUT2D eigenvalue weighted by molar-refractivity contribution is 6.32. The fraction of sp³-hybridized carbons (Fsp3) is 0. The Bertz CT molecular complexity index is 766. The summed E-state index contributed by atoms with van der Waals surface area (Å²) < 4.78 is 2.03. The summed E-state index contributed by atoms with van der Waals surface area (Å²) in [6.45, 7) is 0. The zero-order valence-electron chi connectivity index (χ0n) is 9.47. The summed E-state index contributed by atoms with van der Waals surface area (Å²) in [6.07, 6.45) is 1.98. The Hall–Kier alpha value is -2.24. The van der Waals surface area contributed by atoms with Crippen LogP contribution < -0.4 is 0 Å². The minimum absolute atomic E-state index is 0.570. The Morgan fingerprint density at radius 2 is 1.89 bits per heavy atom. The van der Waals surface area contributed by atoms with Gasteiger partial charge in [-0.1, -0.05) is 29.8 Å². The number of fused-ring (bicyclic) bond motifs is 1. The number of halogens is 1. The predicted octanol–water partition coefficient (Wildman–Crippen LogP) is 4.16. The van der Waals surface area contributed by atoms with Crippen molar-refractivity contribution in [3.05, 3.63) is 65.3 Å². The van der Waals surface area contributed by atoms with Crippen LogP contribution in [0.3, 0.4) is 0 Å². The largest absolute Gasteiger partial charge is 0.315 e. The molecule has 0 N–H and O–H groups in total. The number of nitriles is 1. The van der Waals surface area contributed by atoms with E-state index < -0.39 is 0 Å². The van der Waals surface area contributed by atoms with Gasteiger partial charge in [0.25, 0.3) is 0 Å². The van der Waals surface area contributed by atoms with Gasteiger partial charge in [-0.3, -0.25) is 0 Å². The number of hydrogen-bond donors (Lipinski definition) is 0. The molecule has 0 fully saturated rings. The second kappa shape index (κ2) is 4.21. The Morgan fingerprint density at radius 1 is 1.06 bits per heavy atom. The van der Waals surface area contributed by atoms with Crippen LogP contribution in [0.4, 0.5) is 0 Å². The first-order valence-electron chi connectivity index (χ1n) is 5.56. The van der Waals surface area contributed by atoms with E-state index in [2.05, 4.69) is 12.1 Å². The topological polar surface area (TPSA) is 28.7 Å². The van der Waals surface area contributed by atoms with Crippen molar-refractivity contribution in [3.63, 3.8) is 0 Å². The van der Waals surface area contributed by atoms with E-state index in [9.17, 15) is 0 Å². The molecule has 3 heteroatoms. The number of hydrogen-bond acceptors (Lipinski definition) is 1. The van der Waals surface area contributed by atoms with Gasteiger partial charge >= 0.3 is 0 Å². The van der Waals surface area contributed by atoms with E-state index in [1.807, 2.05) is 41.1 Å². The van der Waals surface area contributed by atoms with E-state index in [-0.39, 0.29) is 0 Å². The van der Waals surface area contributed by atoms with Crippen molar-refractivity contribution in [1.29, 1.82) is 5.26 Å². The maximum absolute atomic E-state index is 8.84. The molecule has 3 rings (SSSR count). The molecule has 1 aromatic heterocycles. The lowest BCUT2D eigenvalue weighted by molar-refractivity contribution is 1.13. The second-order valence-corrected chi connectivity index (χ2v) is 4.43. The van der Waals surface area contributed by atoms with E-state index in [1.54, 1.807) is 12.1 Å². The quantitative estimate of drug-likeness (QED) is 0.639. The minimum atomic E-state index is 0.570. The Morgan fingerprint density at radius 3 is 2.67 bits per heavy atom. The number of para-hydroxylation sites is 1. The maximum atomic E-state index is 8.84. The molecule has 0 unspecified atom stereocenters. The molecule has 18 heavy (non-hydrogen) atoms. The van der Waals surface area contributed by atoms with Gasteiger partial charge in [0.2, 0.25) is 0 Å². The molecular weight excluding hydrogens is 244 g/mol. The molecule has 0 aliphatic rings. The zero-order valence-corrected chi connectivity index (χ0v) is 10.2. The van der Waals surface area contributed by atoms with Gasteiger partial charge in [-0.25, -0.2) is 0 Å². The average molecular weight is 253 g/mol. The lowest BCUT2D eigenvalue weighted by atomic mass is 10.2. The van der Waals surface area contributed by atoms with Crippen LogP contribution >= 0.6 is 11.6 Å². The van der Waals surface area contributed by atoms with E-state index in [0.717, 1.165) is 16.6 Å². The Labute approximate surface area is 110 Å². The van der Waals surface area contributed by atoms with Crippen LogP contribution in [0.1, 0.15) is 5.56 Å². The molecule has 0 bridgehead atoms. The first-order chi connectivity index (χ1) is 8.79. The maximum Gasteiger partial charge on any atom is 0.0992 e. The molecule has 1 heterocycles. The van der Waals surface area contributed by atoms with Crippen LogP contribution in [-0.4, -0.2) is 4.57 Å². The third-order valence-electron chi connectivity index (χ3n) is 2.94. The van der Waals surface area contributed by atoms with Crippen LogP contribution in [0.15, 0.2) is 54.7 Å². The van der Waals surface area contributed by atoms with Crippen molar-refractivity contribution in [2.24, 2.45) is 0 Å². The first kappa shape index (κ1) is 10.9. The van der Waals surface area contributed by atoms with Crippen molar-refractivity contribution < 1.29 is 0 Å². The lowest BCUT2D eigenvalue weighted by Gasteiger charge is -2.07.